The molecule has 0 bridgehead atoms. The molecule has 1 heterocycles. The molecule has 2 rings (SSSR count). The molecule has 17 heavy (non-hydrogen) atoms. The van der Waals surface area contributed by atoms with Crippen molar-refractivity contribution in [2.45, 2.75) is 26.3 Å². The first-order valence-electron chi connectivity index (χ1n) is 5.96. The van der Waals surface area contributed by atoms with Crippen LogP contribution in [-0.4, -0.2) is 18.4 Å². The van der Waals surface area contributed by atoms with E-state index in [1.54, 1.807) is 0 Å². The average molecular weight is 231 g/mol. The number of ketones is 1. The van der Waals surface area contributed by atoms with Crippen molar-refractivity contribution in [1.82, 2.24) is 5.32 Å². The molecule has 1 unspecified atom stereocenters. The maximum absolute atomic E-state index is 12.0. The van der Waals surface area contributed by atoms with E-state index in [1.165, 1.54) is 0 Å². The van der Waals surface area contributed by atoms with Gasteiger partial charge in [0, 0.05) is 17.8 Å². The van der Waals surface area contributed by atoms with E-state index >= 15 is 0 Å². The lowest BCUT2D eigenvalue weighted by atomic mass is 10.1. The molecule has 90 valence electrons. The molecule has 0 aliphatic rings. The third kappa shape index (κ3) is 2.74. The highest BCUT2D eigenvalue weighted by atomic mass is 16.3. The fourth-order valence-electron chi connectivity index (χ4n) is 1.92. The van der Waals surface area contributed by atoms with Gasteiger partial charge < -0.3 is 9.73 Å². The minimum absolute atomic E-state index is 0.0506. The van der Waals surface area contributed by atoms with Crippen LogP contribution >= 0.6 is 0 Å². The molecule has 1 N–H and O–H groups in total. The van der Waals surface area contributed by atoms with Crippen molar-refractivity contribution >= 4 is 16.8 Å². The zero-order valence-corrected chi connectivity index (χ0v) is 10.2. The molecule has 1 aromatic heterocycles. The Hall–Kier alpha value is -1.61. The second kappa shape index (κ2) is 5.15. The summed E-state index contributed by atoms with van der Waals surface area (Å²) >= 11 is 0. The van der Waals surface area contributed by atoms with Crippen LogP contribution in [0, 0.1) is 0 Å². The smallest absolute Gasteiger partial charge is 0.199 e. The van der Waals surface area contributed by atoms with Gasteiger partial charge in [0.05, 0.1) is 0 Å². The summed E-state index contributed by atoms with van der Waals surface area (Å²) in [6.07, 6.45) is 0.466. The van der Waals surface area contributed by atoms with Gasteiger partial charge in [-0.1, -0.05) is 25.1 Å². The van der Waals surface area contributed by atoms with E-state index in [-0.39, 0.29) is 11.8 Å². The lowest BCUT2D eigenvalue weighted by Gasteiger charge is -2.09. The number of rotatable bonds is 5. The molecule has 0 spiro atoms. The first-order chi connectivity index (χ1) is 8.20. The Labute approximate surface area is 101 Å². The highest BCUT2D eigenvalue weighted by molar-refractivity contribution is 5.97. The minimum Gasteiger partial charge on any atom is -0.453 e. The second-order valence-corrected chi connectivity index (χ2v) is 4.23. The van der Waals surface area contributed by atoms with Crippen molar-refractivity contribution in [2.75, 3.05) is 6.54 Å². The van der Waals surface area contributed by atoms with E-state index in [0.717, 1.165) is 17.5 Å². The first-order valence-corrected chi connectivity index (χ1v) is 5.96. The van der Waals surface area contributed by atoms with Crippen LogP contribution in [0.15, 0.2) is 34.7 Å². The molecule has 0 fully saturated rings. The molecule has 3 nitrogen and oxygen atoms in total. The quantitative estimate of drug-likeness (QED) is 0.804. The number of para-hydroxylation sites is 1. The molecule has 2 aromatic rings. The van der Waals surface area contributed by atoms with Gasteiger partial charge in [0.25, 0.3) is 0 Å². The van der Waals surface area contributed by atoms with E-state index in [1.807, 2.05) is 44.2 Å². The number of carbonyl (C=O) groups excluding carboxylic acids is 1. The van der Waals surface area contributed by atoms with Crippen molar-refractivity contribution in [1.29, 1.82) is 0 Å². The molecule has 0 saturated heterocycles. The van der Waals surface area contributed by atoms with Crippen LogP contribution in [0.4, 0.5) is 0 Å². The van der Waals surface area contributed by atoms with Crippen molar-refractivity contribution in [3.8, 4) is 0 Å². The number of benzene rings is 1. The predicted molar refractivity (Wildman–Crippen MR) is 68.3 cm³/mol. The monoisotopic (exact) mass is 231 g/mol. The van der Waals surface area contributed by atoms with Crippen LogP contribution in [0.2, 0.25) is 0 Å². The van der Waals surface area contributed by atoms with Gasteiger partial charge in [-0.05, 0) is 25.6 Å². The standard InChI is InChI=1S/C14H17NO2/c1-3-15-10(2)8-12(16)14-9-11-6-4-5-7-13(11)17-14/h4-7,9-10,15H,3,8H2,1-2H3. The van der Waals surface area contributed by atoms with E-state index in [9.17, 15) is 4.79 Å². The Balaban J connectivity index is 2.13. The van der Waals surface area contributed by atoms with Crippen molar-refractivity contribution < 1.29 is 9.21 Å². The van der Waals surface area contributed by atoms with E-state index < -0.39 is 0 Å². The van der Waals surface area contributed by atoms with Gasteiger partial charge >= 0.3 is 0 Å². The van der Waals surface area contributed by atoms with Gasteiger partial charge in [0.2, 0.25) is 0 Å². The zero-order chi connectivity index (χ0) is 12.3. The summed E-state index contributed by atoms with van der Waals surface area (Å²) in [7, 11) is 0. The van der Waals surface area contributed by atoms with Crippen LogP contribution in [0.3, 0.4) is 0 Å². The van der Waals surface area contributed by atoms with Gasteiger partial charge in [0.1, 0.15) is 5.58 Å². The maximum atomic E-state index is 12.0. The summed E-state index contributed by atoms with van der Waals surface area (Å²) in [5, 5.41) is 4.20. The molecule has 0 aliphatic carbocycles. The summed E-state index contributed by atoms with van der Waals surface area (Å²) in [6.45, 7) is 4.90. The molecule has 1 atom stereocenters. The Morgan fingerprint density at radius 3 is 2.88 bits per heavy atom. The average Bonchev–Trinajstić information content (AvgIpc) is 2.72. The van der Waals surface area contributed by atoms with Crippen LogP contribution in [-0.2, 0) is 0 Å². The number of nitrogens with one attached hydrogen (secondary N) is 1. The third-order valence-corrected chi connectivity index (χ3v) is 2.74. The molecule has 0 saturated carbocycles. The van der Waals surface area contributed by atoms with Crippen molar-refractivity contribution in [3.05, 3.63) is 36.1 Å². The van der Waals surface area contributed by atoms with Gasteiger partial charge in [-0.25, -0.2) is 0 Å². The fraction of sp³-hybridized carbons (Fsp3) is 0.357. The zero-order valence-electron chi connectivity index (χ0n) is 10.2. The topological polar surface area (TPSA) is 42.2 Å². The van der Waals surface area contributed by atoms with Crippen LogP contribution in [0.25, 0.3) is 11.0 Å². The van der Waals surface area contributed by atoms with Crippen LogP contribution in [0.5, 0.6) is 0 Å². The number of carbonyl (C=O) groups is 1. The van der Waals surface area contributed by atoms with E-state index in [2.05, 4.69) is 5.32 Å². The lowest BCUT2D eigenvalue weighted by molar-refractivity contribution is 0.0947. The molecular formula is C14H17NO2. The van der Waals surface area contributed by atoms with Crippen molar-refractivity contribution in [3.63, 3.8) is 0 Å². The van der Waals surface area contributed by atoms with Gasteiger partial charge in [-0.3, -0.25) is 4.79 Å². The van der Waals surface area contributed by atoms with Crippen molar-refractivity contribution in [2.24, 2.45) is 0 Å². The molecule has 0 aliphatic heterocycles. The SMILES string of the molecule is CCNC(C)CC(=O)c1cc2ccccc2o1. The Morgan fingerprint density at radius 2 is 2.18 bits per heavy atom. The summed E-state index contributed by atoms with van der Waals surface area (Å²) in [4.78, 5) is 12.0. The highest BCUT2D eigenvalue weighted by Crippen LogP contribution is 2.20. The molecule has 1 aromatic carbocycles. The number of fused-ring (bicyclic) bond motifs is 1. The van der Waals surface area contributed by atoms with Crippen LogP contribution in [0.1, 0.15) is 30.8 Å². The molecule has 3 heteroatoms. The largest absolute Gasteiger partial charge is 0.453 e. The molecule has 0 radical (unpaired) electrons. The summed E-state index contributed by atoms with van der Waals surface area (Å²) < 4.78 is 5.53. The van der Waals surface area contributed by atoms with Gasteiger partial charge in [-0.2, -0.15) is 0 Å². The van der Waals surface area contributed by atoms with E-state index in [4.69, 9.17) is 4.42 Å². The summed E-state index contributed by atoms with van der Waals surface area (Å²) in [5.41, 5.74) is 0.770. The molecular weight excluding hydrogens is 214 g/mol. The first kappa shape index (κ1) is 11.9. The minimum atomic E-state index is 0.0506. The van der Waals surface area contributed by atoms with Crippen LogP contribution < -0.4 is 5.32 Å². The second-order valence-electron chi connectivity index (χ2n) is 4.23. The predicted octanol–water partition coefficient (Wildman–Crippen LogP) is 3.00. The highest BCUT2D eigenvalue weighted by Gasteiger charge is 2.14. The molecule has 0 amide bonds. The lowest BCUT2D eigenvalue weighted by Crippen LogP contribution is -2.28. The maximum Gasteiger partial charge on any atom is 0.199 e. The normalized spacial score (nSPS) is 12.8. The summed E-state index contributed by atoms with van der Waals surface area (Å²) in [6, 6.07) is 9.66. The number of furan rings is 1. The Kier molecular flexibility index (Phi) is 3.59. The Bertz CT molecular complexity index is 483. The van der Waals surface area contributed by atoms with E-state index in [0.29, 0.717) is 12.2 Å². The van der Waals surface area contributed by atoms with Gasteiger partial charge in [-0.15, -0.1) is 0 Å². The number of Topliss-reactive ketones (excluding diaryl/α,β-unsaturated/α-hetero) is 1. The number of hydrogen-bond acceptors (Lipinski definition) is 3. The third-order valence-electron chi connectivity index (χ3n) is 2.74. The summed E-state index contributed by atoms with van der Waals surface area (Å²) in [5.74, 6) is 0.505. The fourth-order valence-corrected chi connectivity index (χ4v) is 1.92. The van der Waals surface area contributed by atoms with Gasteiger partial charge in [0.15, 0.2) is 11.5 Å². The Morgan fingerprint density at radius 1 is 1.41 bits per heavy atom. The number of hydrogen-bond donors (Lipinski definition) is 1.